The molecule has 3 aliphatic rings. The first-order valence-corrected chi connectivity index (χ1v) is 21.7. The molecular weight excluding hydrogens is 783 g/mol. The monoisotopic (exact) mass is 837 g/mol. The number of benzene rings is 3. The highest BCUT2D eigenvalue weighted by atomic mass is 32.2. The van der Waals surface area contributed by atoms with Crippen LogP contribution in [0.15, 0.2) is 91.0 Å². The van der Waals surface area contributed by atoms with E-state index in [4.69, 9.17) is 0 Å². The molecule has 14 nitrogen and oxygen atoms in total. The van der Waals surface area contributed by atoms with Crippen molar-refractivity contribution in [3.8, 4) is 0 Å². The molecule has 3 heterocycles. The van der Waals surface area contributed by atoms with Gasteiger partial charge in [0.05, 0.1) is 18.5 Å². The highest BCUT2D eigenvalue weighted by molar-refractivity contribution is 8.13. The predicted octanol–water partition coefficient (Wildman–Crippen LogP) is 2.46. The molecule has 3 saturated heterocycles. The number of carbonyl (C=O) groups is 7. The molecule has 0 saturated carbocycles. The van der Waals surface area contributed by atoms with Crippen LogP contribution in [-0.2, 0) is 39.1 Å². The number of rotatable bonds is 12. The molecule has 3 aromatic carbocycles. The minimum absolute atomic E-state index is 0.0530. The summed E-state index contributed by atoms with van der Waals surface area (Å²) < 4.78 is 0. The molecule has 60 heavy (non-hydrogen) atoms. The van der Waals surface area contributed by atoms with E-state index in [0.717, 1.165) is 16.7 Å². The maximum absolute atomic E-state index is 14.5. The zero-order valence-electron chi connectivity index (χ0n) is 34.5. The van der Waals surface area contributed by atoms with Gasteiger partial charge in [-0.3, -0.25) is 38.5 Å². The van der Waals surface area contributed by atoms with E-state index >= 15 is 0 Å². The third-order valence-corrected chi connectivity index (χ3v) is 12.2. The van der Waals surface area contributed by atoms with E-state index in [9.17, 15) is 33.6 Å². The minimum atomic E-state index is -1.45. The van der Waals surface area contributed by atoms with E-state index < -0.39 is 89.6 Å². The molecular formula is C45H55N7O7S. The van der Waals surface area contributed by atoms with Gasteiger partial charge in [-0.05, 0) is 54.7 Å². The van der Waals surface area contributed by atoms with Crippen LogP contribution in [0.25, 0.3) is 0 Å². The van der Waals surface area contributed by atoms with Gasteiger partial charge in [-0.15, -0.1) is 0 Å². The summed E-state index contributed by atoms with van der Waals surface area (Å²) in [5.41, 5.74) is 1.09. The van der Waals surface area contributed by atoms with Gasteiger partial charge in [0.1, 0.15) is 29.7 Å². The maximum atomic E-state index is 14.5. The summed E-state index contributed by atoms with van der Waals surface area (Å²) in [5, 5.41) is 14.4. The van der Waals surface area contributed by atoms with Crippen molar-refractivity contribution in [2.45, 2.75) is 95.2 Å². The van der Waals surface area contributed by atoms with Crippen molar-refractivity contribution in [1.29, 1.82) is 0 Å². The highest BCUT2D eigenvalue weighted by Crippen LogP contribution is 2.37. The van der Waals surface area contributed by atoms with Crippen molar-refractivity contribution in [2.24, 2.45) is 5.92 Å². The smallest absolute Gasteiger partial charge is 0.245 e. The second kappa shape index (κ2) is 19.7. The van der Waals surface area contributed by atoms with Crippen molar-refractivity contribution in [2.75, 3.05) is 25.4 Å². The van der Waals surface area contributed by atoms with Gasteiger partial charge in [0, 0.05) is 19.5 Å². The summed E-state index contributed by atoms with van der Waals surface area (Å²) in [6.07, 6.45) is 0.648. The Bertz CT molecular complexity index is 1940. The van der Waals surface area contributed by atoms with E-state index in [2.05, 4.69) is 26.6 Å². The van der Waals surface area contributed by atoms with Crippen LogP contribution in [0.2, 0.25) is 0 Å². The third-order valence-electron chi connectivity index (χ3n) is 11.4. The first kappa shape index (κ1) is 44.0. The molecule has 6 amide bonds. The zero-order chi connectivity index (χ0) is 43.0. The molecule has 6 rings (SSSR count). The maximum Gasteiger partial charge on any atom is 0.245 e. The molecule has 0 spiro atoms. The average Bonchev–Trinajstić information content (AvgIpc) is 3.87. The van der Waals surface area contributed by atoms with Crippen LogP contribution in [0.1, 0.15) is 70.1 Å². The Hall–Kier alpha value is -5.54. The van der Waals surface area contributed by atoms with E-state index in [0.29, 0.717) is 25.1 Å². The molecule has 0 bridgehead atoms. The van der Waals surface area contributed by atoms with Crippen LogP contribution in [0.4, 0.5) is 0 Å². The molecule has 318 valence electrons. The van der Waals surface area contributed by atoms with E-state index in [1.807, 2.05) is 97.9 Å². The topological polar surface area (TPSA) is 186 Å². The van der Waals surface area contributed by atoms with Gasteiger partial charge >= 0.3 is 0 Å². The van der Waals surface area contributed by atoms with Crippen LogP contribution in [0.5, 0.6) is 0 Å². The molecule has 0 aromatic heterocycles. The lowest BCUT2D eigenvalue weighted by Gasteiger charge is -2.37. The van der Waals surface area contributed by atoms with Gasteiger partial charge in [0.2, 0.25) is 35.4 Å². The Morgan fingerprint density at radius 1 is 0.817 bits per heavy atom. The Morgan fingerprint density at radius 2 is 1.40 bits per heavy atom. The molecule has 3 aromatic rings. The normalized spacial score (nSPS) is 23.9. The fourth-order valence-electron chi connectivity index (χ4n) is 8.36. The Morgan fingerprint density at radius 3 is 1.95 bits per heavy atom. The quantitative estimate of drug-likeness (QED) is 0.135. The van der Waals surface area contributed by atoms with Crippen molar-refractivity contribution < 1.29 is 33.6 Å². The van der Waals surface area contributed by atoms with Crippen molar-refractivity contribution in [3.05, 3.63) is 108 Å². The molecule has 0 aliphatic carbocycles. The second-order valence-corrected chi connectivity index (χ2v) is 17.2. The number of carbonyl (C=O) groups excluding carboxylic acids is 7. The molecule has 3 fully saturated rings. The number of amides is 6. The first-order valence-electron chi connectivity index (χ1n) is 20.7. The SMILES string of the molecule is CCSC(=O)CCNC(=O)[C@H]1[C@@H]2CN2C(=O)[C@H](C)NC(=O)[C@H](CC(=O)NC(c2ccccc2)(c2ccccc2)c2ccccc2)NC(=O)[C@H](C(C)C)NC(=O)[C@@H]2CCCN21. The number of fused-ring (bicyclic) bond motifs is 2. The molecule has 6 atom stereocenters. The lowest BCUT2D eigenvalue weighted by Crippen LogP contribution is -2.60. The van der Waals surface area contributed by atoms with Gasteiger partial charge in [-0.25, -0.2) is 0 Å². The first-order chi connectivity index (χ1) is 28.8. The summed E-state index contributed by atoms with van der Waals surface area (Å²) in [6, 6.07) is 22.5. The van der Waals surface area contributed by atoms with Crippen LogP contribution < -0.4 is 26.6 Å². The second-order valence-electron chi connectivity index (χ2n) is 15.9. The van der Waals surface area contributed by atoms with Gasteiger partial charge in [-0.2, -0.15) is 0 Å². The van der Waals surface area contributed by atoms with E-state index in [1.165, 1.54) is 23.6 Å². The average molecular weight is 838 g/mol. The van der Waals surface area contributed by atoms with Crippen molar-refractivity contribution >= 4 is 52.3 Å². The molecule has 0 unspecified atom stereocenters. The summed E-state index contributed by atoms with van der Waals surface area (Å²) in [5.74, 6) is -3.16. The van der Waals surface area contributed by atoms with E-state index in [-0.39, 0.29) is 24.6 Å². The lowest BCUT2D eigenvalue weighted by molar-refractivity contribution is -0.137. The van der Waals surface area contributed by atoms with Gasteiger partial charge in [0.15, 0.2) is 5.12 Å². The number of nitrogens with one attached hydrogen (secondary N) is 5. The lowest BCUT2D eigenvalue weighted by atomic mass is 9.77. The number of thioether (sulfide) groups is 1. The highest BCUT2D eigenvalue weighted by Gasteiger charge is 2.53. The molecule has 5 N–H and O–H groups in total. The van der Waals surface area contributed by atoms with Crippen LogP contribution in [0, 0.1) is 5.92 Å². The molecule has 15 heteroatoms. The Balaban J connectivity index is 1.31. The zero-order valence-corrected chi connectivity index (χ0v) is 35.3. The third kappa shape index (κ3) is 9.90. The Kier molecular flexibility index (Phi) is 14.4. The van der Waals surface area contributed by atoms with Crippen LogP contribution in [-0.4, -0.2) is 112 Å². The van der Waals surface area contributed by atoms with Crippen molar-refractivity contribution in [3.63, 3.8) is 0 Å². The Labute approximate surface area is 355 Å². The van der Waals surface area contributed by atoms with Crippen LogP contribution >= 0.6 is 11.8 Å². The fraction of sp³-hybridized carbons (Fsp3) is 0.444. The summed E-state index contributed by atoms with van der Waals surface area (Å²) in [4.78, 5) is 100. The van der Waals surface area contributed by atoms with Gasteiger partial charge in [0.25, 0.3) is 0 Å². The summed E-state index contributed by atoms with van der Waals surface area (Å²) >= 11 is 1.17. The molecule has 0 radical (unpaired) electrons. The number of hydrogen-bond acceptors (Lipinski definition) is 9. The predicted molar refractivity (Wildman–Crippen MR) is 228 cm³/mol. The molecule has 3 aliphatic heterocycles. The number of nitrogens with zero attached hydrogens (tertiary/aromatic N) is 2. The van der Waals surface area contributed by atoms with E-state index in [1.54, 1.807) is 18.7 Å². The fourth-order valence-corrected chi connectivity index (χ4v) is 8.93. The standard InChI is InChI=1S/C45H55N7O7S/c1-5-60-37(54)23-24-46-43(58)39-35-27-52(35)44(59)29(4)47-40(55)33(48-42(57)38(28(2)3)49-41(56)34-22-15-25-51(34)39)26-36(53)50-45(30-16-9-6-10-17-30,31-18-11-7-12-19-31)32-20-13-8-14-21-32/h6-14,16-21,28-29,33-35,38-39H,5,15,22-27H2,1-4H3,(H,46,58)(H,47,55)(H,48,57)(H,49,56)(H,50,53)/t29-,33-,34-,35-,38-,39+,52?/m0/s1. The van der Waals surface area contributed by atoms with Gasteiger partial charge < -0.3 is 31.5 Å². The largest absolute Gasteiger partial charge is 0.354 e. The number of hydrogen-bond donors (Lipinski definition) is 5. The summed E-state index contributed by atoms with van der Waals surface area (Å²) in [6.45, 7) is 7.63. The summed E-state index contributed by atoms with van der Waals surface area (Å²) in [7, 11) is 0. The van der Waals surface area contributed by atoms with Gasteiger partial charge in [-0.1, -0.05) is 124 Å². The van der Waals surface area contributed by atoms with Crippen molar-refractivity contribution in [1.82, 2.24) is 36.4 Å². The minimum Gasteiger partial charge on any atom is -0.354 e. The van der Waals surface area contributed by atoms with Crippen LogP contribution in [0.3, 0.4) is 0 Å².